The Morgan fingerprint density at radius 2 is 0.595 bits per heavy atom. The van der Waals surface area contributed by atoms with E-state index in [-0.39, 0.29) is 39.3 Å². The minimum atomic E-state index is -1.73. The normalized spacial score (nSPS) is 38.6. The van der Waals surface area contributed by atoms with Crippen LogP contribution in [0.4, 0.5) is 0 Å². The summed E-state index contributed by atoms with van der Waals surface area (Å²) >= 11 is 0. The van der Waals surface area contributed by atoms with Crippen molar-refractivity contribution in [1.82, 2.24) is 0 Å². The van der Waals surface area contributed by atoms with Gasteiger partial charge in [0.2, 0.25) is 0 Å². The molecule has 4 fully saturated rings. The Balaban J connectivity index is 1.49. The molecule has 0 aliphatic carbocycles. The van der Waals surface area contributed by atoms with Crippen LogP contribution in [0.15, 0.2) is 24.3 Å². The average molecular weight is 1070 g/mol. The Hall–Kier alpha value is -1.74. The van der Waals surface area contributed by atoms with E-state index in [1.165, 1.54) is 0 Å². The highest BCUT2D eigenvalue weighted by molar-refractivity contribution is 5.25. The van der Waals surface area contributed by atoms with Crippen LogP contribution in [-0.2, 0) is 50.7 Å². The fraction of sp³-hybridized carbons (Fsp3) is 0.880. The standard InChI is InChI=1S/C50H86O24/c1-3-5-7-9-15-49(23-67-45-41(63)37(59)33(55)29(19-51)71-45,24-68-46-42(64)38(60)34(56)30(20-52)72-46)17-27-11-13-28(14-12-27)18-50(16-10-8-6-4-2,25-69-47-43(65)39(61)35(57)31(21-53)73-47)26-70-48-44(66)40(62)36(58)32(22-54)74-48/h11-14,29-48,51-66H,3-10,15-26H2,1-2H3/t29?,30?,31?,32?,33-,34-,35-,36-,37+,38+,39+,40+,41?,42?,43?,44?,45-,46-,47-,48-,49?,50?/m1/s1. The van der Waals surface area contributed by atoms with E-state index in [4.69, 9.17) is 37.9 Å². The van der Waals surface area contributed by atoms with E-state index in [0.717, 1.165) is 49.7 Å². The van der Waals surface area contributed by atoms with E-state index >= 15 is 0 Å². The molecule has 0 radical (unpaired) electrons. The summed E-state index contributed by atoms with van der Waals surface area (Å²) in [6, 6.07) is 7.38. The van der Waals surface area contributed by atoms with Crippen molar-refractivity contribution >= 4 is 0 Å². The molecule has 0 amide bonds. The molecule has 24 heteroatoms. The maximum Gasteiger partial charge on any atom is 0.186 e. The number of benzene rings is 1. The highest BCUT2D eigenvalue weighted by atomic mass is 16.7. The van der Waals surface area contributed by atoms with E-state index in [1.807, 2.05) is 38.1 Å². The van der Waals surface area contributed by atoms with Crippen LogP contribution in [0.3, 0.4) is 0 Å². The fourth-order valence-electron chi connectivity index (χ4n) is 10.1. The van der Waals surface area contributed by atoms with Crippen molar-refractivity contribution in [1.29, 1.82) is 0 Å². The molecule has 16 N–H and O–H groups in total. The molecule has 74 heavy (non-hydrogen) atoms. The zero-order chi connectivity index (χ0) is 54.3. The average Bonchev–Trinajstić information content (AvgIpc) is 3.40. The zero-order valence-corrected chi connectivity index (χ0v) is 42.4. The monoisotopic (exact) mass is 1070 g/mol. The van der Waals surface area contributed by atoms with Gasteiger partial charge < -0.3 is 120 Å². The van der Waals surface area contributed by atoms with Crippen molar-refractivity contribution in [3.8, 4) is 0 Å². The first-order valence-corrected chi connectivity index (χ1v) is 26.1. The Labute approximate surface area is 431 Å². The van der Waals surface area contributed by atoms with Gasteiger partial charge in [0.25, 0.3) is 0 Å². The molecule has 4 saturated heterocycles. The molecule has 4 heterocycles. The van der Waals surface area contributed by atoms with Gasteiger partial charge in [-0.2, -0.15) is 0 Å². The van der Waals surface area contributed by atoms with Crippen molar-refractivity contribution in [2.75, 3.05) is 52.9 Å². The summed E-state index contributed by atoms with van der Waals surface area (Å²) in [7, 11) is 0. The van der Waals surface area contributed by atoms with Crippen LogP contribution in [0.1, 0.15) is 89.2 Å². The first-order chi connectivity index (χ1) is 35.3. The van der Waals surface area contributed by atoms with E-state index in [9.17, 15) is 81.7 Å². The zero-order valence-electron chi connectivity index (χ0n) is 42.4. The van der Waals surface area contributed by atoms with Crippen molar-refractivity contribution in [3.63, 3.8) is 0 Å². The third-order valence-electron chi connectivity index (χ3n) is 14.9. The quantitative estimate of drug-likeness (QED) is 0.0326. The molecule has 4 aliphatic rings. The van der Waals surface area contributed by atoms with Gasteiger partial charge in [-0.1, -0.05) is 89.5 Å². The topological polar surface area (TPSA) is 398 Å². The lowest BCUT2D eigenvalue weighted by atomic mass is 9.76. The molecule has 1 aromatic rings. The lowest BCUT2D eigenvalue weighted by Gasteiger charge is -2.43. The molecule has 5 rings (SSSR count). The summed E-state index contributed by atoms with van der Waals surface area (Å²) in [6.07, 6.45) is -24.0. The molecular weight excluding hydrogens is 985 g/mol. The third-order valence-corrected chi connectivity index (χ3v) is 14.9. The van der Waals surface area contributed by atoms with Crippen LogP contribution in [-0.4, -0.2) is 257 Å². The second-order valence-corrected chi connectivity index (χ2v) is 20.8. The lowest BCUT2D eigenvalue weighted by molar-refractivity contribution is -0.318. The Morgan fingerprint density at radius 3 is 0.811 bits per heavy atom. The summed E-state index contributed by atoms with van der Waals surface area (Å²) in [4.78, 5) is 0. The number of hydrogen-bond donors (Lipinski definition) is 16. The Kier molecular flexibility index (Phi) is 25.6. The molecule has 0 spiro atoms. The van der Waals surface area contributed by atoms with Crippen molar-refractivity contribution in [2.45, 2.75) is 214 Å². The van der Waals surface area contributed by atoms with E-state index in [1.54, 1.807) is 0 Å². The minimum Gasteiger partial charge on any atom is -0.394 e. The second-order valence-electron chi connectivity index (χ2n) is 20.8. The first kappa shape index (κ1) is 63.1. The van der Waals surface area contributed by atoms with Gasteiger partial charge in [-0.15, -0.1) is 0 Å². The smallest absolute Gasteiger partial charge is 0.186 e. The van der Waals surface area contributed by atoms with Crippen molar-refractivity contribution in [3.05, 3.63) is 35.4 Å². The fourth-order valence-corrected chi connectivity index (χ4v) is 10.1. The number of unbranched alkanes of at least 4 members (excludes halogenated alkanes) is 6. The molecule has 430 valence electrons. The summed E-state index contributed by atoms with van der Waals surface area (Å²) < 4.78 is 47.7. The van der Waals surface area contributed by atoms with Crippen LogP contribution in [0, 0.1) is 10.8 Å². The van der Waals surface area contributed by atoms with Crippen molar-refractivity contribution < 1.29 is 120 Å². The molecule has 1 aromatic carbocycles. The number of aliphatic hydroxyl groups is 16. The molecule has 0 aromatic heterocycles. The SMILES string of the molecule is CCCCCCC(CO[C@@H]1OC(CO)[C@@H](O)[C@H](O)C1O)(CO[C@@H]1OC(CO)[C@@H](O)[C@H](O)C1O)Cc1ccc(CC(CCCCCC)(CO[C@@H]2OC(CO)[C@@H](O)[C@H](O)C2O)CO[C@@H]2OC(CO)[C@@H](O)[C@H](O)C2O)cc1. The number of rotatable bonds is 30. The Morgan fingerprint density at radius 1 is 0.351 bits per heavy atom. The van der Waals surface area contributed by atoms with Gasteiger partial charge in [-0.3, -0.25) is 0 Å². The Bertz CT molecular complexity index is 1510. The molecule has 8 unspecified atom stereocenters. The predicted octanol–water partition coefficient (Wildman–Crippen LogP) is -4.05. The van der Waals surface area contributed by atoms with Crippen LogP contribution in [0.5, 0.6) is 0 Å². The van der Waals surface area contributed by atoms with Gasteiger partial charge in [0.15, 0.2) is 25.2 Å². The maximum absolute atomic E-state index is 11.0. The number of aliphatic hydroxyl groups excluding tert-OH is 16. The highest BCUT2D eigenvalue weighted by Gasteiger charge is 2.50. The summed E-state index contributed by atoms with van der Waals surface area (Å²) in [5.74, 6) is 0. The molecule has 0 saturated carbocycles. The van der Waals surface area contributed by atoms with Crippen LogP contribution in [0.2, 0.25) is 0 Å². The molecule has 20 atom stereocenters. The first-order valence-electron chi connectivity index (χ1n) is 26.1. The van der Waals surface area contributed by atoms with Gasteiger partial charge in [-0.05, 0) is 36.8 Å². The van der Waals surface area contributed by atoms with Gasteiger partial charge >= 0.3 is 0 Å². The number of hydrogen-bond acceptors (Lipinski definition) is 24. The van der Waals surface area contributed by atoms with Crippen LogP contribution < -0.4 is 0 Å². The maximum atomic E-state index is 11.0. The van der Waals surface area contributed by atoms with Crippen molar-refractivity contribution in [2.24, 2.45) is 10.8 Å². The molecule has 24 nitrogen and oxygen atoms in total. The largest absolute Gasteiger partial charge is 0.394 e. The van der Waals surface area contributed by atoms with Crippen LogP contribution >= 0.6 is 0 Å². The van der Waals surface area contributed by atoms with Gasteiger partial charge in [0.05, 0.1) is 52.9 Å². The highest BCUT2D eigenvalue weighted by Crippen LogP contribution is 2.38. The minimum absolute atomic E-state index is 0.191. The molecule has 4 aliphatic heterocycles. The third kappa shape index (κ3) is 16.2. The van der Waals surface area contributed by atoms with E-state index in [2.05, 4.69) is 0 Å². The van der Waals surface area contributed by atoms with Gasteiger partial charge in [-0.25, -0.2) is 0 Å². The second kappa shape index (κ2) is 30.0. The number of ether oxygens (including phenoxy) is 8. The predicted molar refractivity (Wildman–Crippen MR) is 255 cm³/mol. The molecular formula is C50H86O24. The van der Waals surface area contributed by atoms with Gasteiger partial charge in [0.1, 0.15) is 97.7 Å². The van der Waals surface area contributed by atoms with E-state index < -0.39 is 160 Å². The van der Waals surface area contributed by atoms with E-state index in [0.29, 0.717) is 25.7 Å². The summed E-state index contributed by atoms with van der Waals surface area (Å²) in [5, 5.41) is 168. The summed E-state index contributed by atoms with van der Waals surface area (Å²) in [6.45, 7) is 0.388. The van der Waals surface area contributed by atoms with Crippen LogP contribution in [0.25, 0.3) is 0 Å². The molecule has 0 bridgehead atoms. The lowest BCUT2D eigenvalue weighted by Crippen LogP contribution is -2.60. The summed E-state index contributed by atoms with van der Waals surface area (Å²) in [5.41, 5.74) is -0.673. The van der Waals surface area contributed by atoms with Gasteiger partial charge in [0, 0.05) is 10.8 Å².